The molecule has 1 aromatic carbocycles. The number of nitrogens with one attached hydrogen (secondary N) is 1. The van der Waals surface area contributed by atoms with Crippen molar-refractivity contribution < 1.29 is 0 Å². The van der Waals surface area contributed by atoms with E-state index in [-0.39, 0.29) is 0 Å². The molecule has 0 bridgehead atoms. The highest BCUT2D eigenvalue weighted by molar-refractivity contribution is 5.57. The first-order valence-electron chi connectivity index (χ1n) is 6.61. The maximum atomic E-state index is 4.21. The van der Waals surface area contributed by atoms with Gasteiger partial charge in [0.1, 0.15) is 0 Å². The van der Waals surface area contributed by atoms with E-state index in [4.69, 9.17) is 0 Å². The van der Waals surface area contributed by atoms with Crippen LogP contribution in [-0.2, 0) is 6.54 Å². The van der Waals surface area contributed by atoms with Crippen LogP contribution in [0, 0.1) is 0 Å². The third-order valence-electron chi connectivity index (χ3n) is 3.49. The van der Waals surface area contributed by atoms with Gasteiger partial charge in [0, 0.05) is 11.6 Å². The Morgan fingerprint density at radius 3 is 2.89 bits per heavy atom. The summed E-state index contributed by atoms with van der Waals surface area (Å²) in [4.78, 5) is 0. The van der Waals surface area contributed by atoms with Gasteiger partial charge in [-0.1, -0.05) is 42.0 Å². The van der Waals surface area contributed by atoms with E-state index >= 15 is 0 Å². The largest absolute Gasteiger partial charge is 0.312 e. The molecule has 0 amide bonds. The summed E-state index contributed by atoms with van der Waals surface area (Å²) in [7, 11) is 0. The van der Waals surface area contributed by atoms with Gasteiger partial charge in [0.15, 0.2) is 0 Å². The van der Waals surface area contributed by atoms with Crippen molar-refractivity contribution in [1.29, 1.82) is 0 Å². The van der Waals surface area contributed by atoms with Gasteiger partial charge in [0.25, 0.3) is 0 Å². The van der Waals surface area contributed by atoms with Crippen LogP contribution in [-0.4, -0.2) is 27.6 Å². The fourth-order valence-electron chi connectivity index (χ4n) is 2.51. The Hall–Kier alpha value is -1.68. The van der Waals surface area contributed by atoms with Crippen LogP contribution in [0.3, 0.4) is 0 Å². The van der Waals surface area contributed by atoms with E-state index in [1.807, 2.05) is 29.1 Å². The highest BCUT2D eigenvalue weighted by atomic mass is 15.4. The first-order valence-corrected chi connectivity index (χ1v) is 6.61. The molecule has 94 valence electrons. The molecule has 1 aliphatic heterocycles. The molecular formula is C14H18N4. The molecule has 0 spiro atoms. The summed E-state index contributed by atoms with van der Waals surface area (Å²) in [5.74, 6) is 0. The van der Waals surface area contributed by atoms with E-state index in [9.17, 15) is 0 Å². The standard InChI is InChI=1S/C14H18N4/c1-2-6-12(7-3-1)14-10-16-17-18(14)11-13-8-4-5-9-15-13/h1-3,6-7,10,13,15H,4-5,8-9,11H2. The topological polar surface area (TPSA) is 42.7 Å². The van der Waals surface area contributed by atoms with Gasteiger partial charge < -0.3 is 5.32 Å². The van der Waals surface area contributed by atoms with E-state index in [1.165, 1.54) is 24.8 Å². The van der Waals surface area contributed by atoms with Gasteiger partial charge in [-0.25, -0.2) is 4.68 Å². The molecule has 1 aromatic heterocycles. The van der Waals surface area contributed by atoms with Gasteiger partial charge in [-0.05, 0) is 19.4 Å². The van der Waals surface area contributed by atoms with Crippen LogP contribution in [0.1, 0.15) is 19.3 Å². The van der Waals surface area contributed by atoms with Crippen LogP contribution in [0.4, 0.5) is 0 Å². The molecule has 0 radical (unpaired) electrons. The molecular weight excluding hydrogens is 224 g/mol. The molecule has 18 heavy (non-hydrogen) atoms. The Morgan fingerprint density at radius 1 is 1.22 bits per heavy atom. The minimum atomic E-state index is 0.530. The van der Waals surface area contributed by atoms with Crippen molar-refractivity contribution in [2.24, 2.45) is 0 Å². The van der Waals surface area contributed by atoms with E-state index in [1.54, 1.807) is 0 Å². The predicted octanol–water partition coefficient (Wildman–Crippen LogP) is 2.09. The number of benzene rings is 1. The Morgan fingerprint density at radius 2 is 2.11 bits per heavy atom. The van der Waals surface area contributed by atoms with E-state index in [0.717, 1.165) is 18.8 Å². The Labute approximate surface area is 107 Å². The summed E-state index contributed by atoms with van der Waals surface area (Å²) in [5, 5.41) is 11.8. The molecule has 1 atom stereocenters. The molecule has 4 nitrogen and oxygen atoms in total. The summed E-state index contributed by atoms with van der Waals surface area (Å²) in [5.41, 5.74) is 2.28. The summed E-state index contributed by atoms with van der Waals surface area (Å²) in [6.07, 6.45) is 5.68. The Kier molecular flexibility index (Phi) is 3.37. The molecule has 0 saturated carbocycles. The lowest BCUT2D eigenvalue weighted by atomic mass is 10.0. The zero-order valence-electron chi connectivity index (χ0n) is 10.4. The monoisotopic (exact) mass is 242 g/mol. The summed E-state index contributed by atoms with van der Waals surface area (Å²) in [6, 6.07) is 10.9. The van der Waals surface area contributed by atoms with Crippen LogP contribution >= 0.6 is 0 Å². The van der Waals surface area contributed by atoms with Gasteiger partial charge >= 0.3 is 0 Å². The van der Waals surface area contributed by atoms with Crippen molar-refractivity contribution in [3.63, 3.8) is 0 Å². The highest BCUT2D eigenvalue weighted by Crippen LogP contribution is 2.18. The van der Waals surface area contributed by atoms with Crippen molar-refractivity contribution in [2.75, 3.05) is 6.54 Å². The molecule has 0 aliphatic carbocycles. The minimum Gasteiger partial charge on any atom is -0.312 e. The van der Waals surface area contributed by atoms with Gasteiger partial charge in [-0.3, -0.25) is 0 Å². The summed E-state index contributed by atoms with van der Waals surface area (Å²) >= 11 is 0. The van der Waals surface area contributed by atoms with E-state index in [0.29, 0.717) is 6.04 Å². The molecule has 1 N–H and O–H groups in total. The van der Waals surface area contributed by atoms with E-state index < -0.39 is 0 Å². The summed E-state index contributed by atoms with van der Waals surface area (Å²) in [6.45, 7) is 2.03. The molecule has 3 rings (SSSR count). The second-order valence-corrected chi connectivity index (χ2v) is 4.81. The number of piperidine rings is 1. The quantitative estimate of drug-likeness (QED) is 0.896. The lowest BCUT2D eigenvalue weighted by molar-refractivity contribution is 0.349. The van der Waals surface area contributed by atoms with Crippen molar-refractivity contribution >= 4 is 0 Å². The lowest BCUT2D eigenvalue weighted by Crippen LogP contribution is -2.37. The molecule has 1 unspecified atom stereocenters. The van der Waals surface area contributed by atoms with Crippen molar-refractivity contribution in [3.8, 4) is 11.3 Å². The molecule has 1 aliphatic rings. The second kappa shape index (κ2) is 5.31. The van der Waals surface area contributed by atoms with Crippen LogP contribution in [0.25, 0.3) is 11.3 Å². The molecule has 1 saturated heterocycles. The maximum Gasteiger partial charge on any atom is 0.0886 e. The third-order valence-corrected chi connectivity index (χ3v) is 3.49. The van der Waals surface area contributed by atoms with Gasteiger partial charge in [-0.15, -0.1) is 5.10 Å². The zero-order valence-corrected chi connectivity index (χ0v) is 10.4. The third kappa shape index (κ3) is 2.43. The number of hydrogen-bond donors (Lipinski definition) is 1. The first kappa shape index (κ1) is 11.4. The first-order chi connectivity index (χ1) is 8.93. The molecule has 2 heterocycles. The van der Waals surface area contributed by atoms with Gasteiger partial charge in [0.2, 0.25) is 0 Å². The Bertz CT molecular complexity index is 486. The average Bonchev–Trinajstić information content (AvgIpc) is 2.89. The van der Waals surface area contributed by atoms with Crippen molar-refractivity contribution in [3.05, 3.63) is 36.5 Å². The lowest BCUT2D eigenvalue weighted by Gasteiger charge is -2.23. The van der Waals surface area contributed by atoms with E-state index in [2.05, 4.69) is 27.8 Å². The molecule has 4 heteroatoms. The number of aromatic nitrogens is 3. The zero-order chi connectivity index (χ0) is 12.2. The highest BCUT2D eigenvalue weighted by Gasteiger charge is 2.15. The average molecular weight is 242 g/mol. The predicted molar refractivity (Wildman–Crippen MR) is 71.1 cm³/mol. The van der Waals surface area contributed by atoms with Crippen LogP contribution < -0.4 is 5.32 Å². The molecule has 2 aromatic rings. The van der Waals surface area contributed by atoms with Gasteiger partial charge in [-0.2, -0.15) is 0 Å². The second-order valence-electron chi connectivity index (χ2n) is 4.81. The van der Waals surface area contributed by atoms with Crippen molar-refractivity contribution in [2.45, 2.75) is 31.8 Å². The van der Waals surface area contributed by atoms with Gasteiger partial charge in [0.05, 0.1) is 18.4 Å². The van der Waals surface area contributed by atoms with Crippen LogP contribution in [0.2, 0.25) is 0 Å². The fraction of sp³-hybridized carbons (Fsp3) is 0.429. The van der Waals surface area contributed by atoms with Crippen molar-refractivity contribution in [1.82, 2.24) is 20.3 Å². The van der Waals surface area contributed by atoms with Crippen LogP contribution in [0.5, 0.6) is 0 Å². The minimum absolute atomic E-state index is 0.530. The number of hydrogen-bond acceptors (Lipinski definition) is 3. The fourth-order valence-corrected chi connectivity index (χ4v) is 2.51. The molecule has 1 fully saturated rings. The normalized spacial score (nSPS) is 19.9. The maximum absolute atomic E-state index is 4.21. The SMILES string of the molecule is c1ccc(-c2cnnn2CC2CCCCN2)cc1. The number of nitrogens with zero attached hydrogens (tertiary/aromatic N) is 3. The van der Waals surface area contributed by atoms with Crippen LogP contribution in [0.15, 0.2) is 36.5 Å². The Balaban J connectivity index is 1.79. The summed E-state index contributed by atoms with van der Waals surface area (Å²) < 4.78 is 2.01. The number of rotatable bonds is 3. The smallest absolute Gasteiger partial charge is 0.0886 e.